The first-order valence-electron chi connectivity index (χ1n) is 7.17. The summed E-state index contributed by atoms with van der Waals surface area (Å²) < 4.78 is 6.28. The molecule has 0 aliphatic heterocycles. The molecule has 1 saturated carbocycles. The van der Waals surface area contributed by atoms with Crippen molar-refractivity contribution in [2.24, 2.45) is 5.92 Å². The van der Waals surface area contributed by atoms with Crippen LogP contribution in [0.5, 0.6) is 0 Å². The minimum atomic E-state index is -0.0135. The van der Waals surface area contributed by atoms with E-state index in [0.29, 0.717) is 6.61 Å². The van der Waals surface area contributed by atoms with Crippen LogP contribution in [0.1, 0.15) is 38.2 Å². The van der Waals surface area contributed by atoms with Crippen molar-refractivity contribution in [3.8, 4) is 0 Å². The number of ether oxygens (including phenoxy) is 1. The van der Waals surface area contributed by atoms with Gasteiger partial charge in [0, 0.05) is 11.6 Å². The molecular weight excluding hydrogens is 258 g/mol. The summed E-state index contributed by atoms with van der Waals surface area (Å²) >= 11 is 6.19. The summed E-state index contributed by atoms with van der Waals surface area (Å²) in [6, 6.07) is 7.94. The van der Waals surface area contributed by atoms with Crippen LogP contribution in [-0.4, -0.2) is 19.2 Å². The molecule has 1 aliphatic carbocycles. The first-order chi connectivity index (χ1) is 9.15. The fraction of sp³-hybridized carbons (Fsp3) is 0.625. The zero-order chi connectivity index (χ0) is 13.7. The van der Waals surface area contributed by atoms with Crippen LogP contribution in [-0.2, 0) is 11.3 Å². The second-order valence-corrected chi connectivity index (χ2v) is 6.18. The second kappa shape index (κ2) is 6.74. The smallest absolute Gasteiger partial charge is 0.0810 e. The molecule has 0 atom stereocenters. The third-order valence-electron chi connectivity index (χ3n) is 4.18. The molecule has 1 N–H and O–H groups in total. The summed E-state index contributed by atoms with van der Waals surface area (Å²) in [6.45, 7) is 3.86. The second-order valence-electron chi connectivity index (χ2n) is 5.78. The molecule has 1 aliphatic rings. The van der Waals surface area contributed by atoms with E-state index in [1.165, 1.54) is 12.8 Å². The average molecular weight is 282 g/mol. The summed E-state index contributed by atoms with van der Waals surface area (Å²) in [5.41, 5.74) is 1.07. The number of hydrogen-bond acceptors (Lipinski definition) is 2. The lowest BCUT2D eigenvalue weighted by atomic mass is 9.79. The lowest BCUT2D eigenvalue weighted by Gasteiger charge is -2.39. The average Bonchev–Trinajstić information content (AvgIpc) is 2.42. The largest absolute Gasteiger partial charge is 0.369 e. The van der Waals surface area contributed by atoms with Gasteiger partial charge in [-0.2, -0.15) is 0 Å². The van der Waals surface area contributed by atoms with Crippen molar-refractivity contribution in [2.45, 2.75) is 44.8 Å². The van der Waals surface area contributed by atoms with Gasteiger partial charge in [0.1, 0.15) is 0 Å². The number of benzene rings is 1. The first-order valence-corrected chi connectivity index (χ1v) is 7.55. The van der Waals surface area contributed by atoms with Crippen molar-refractivity contribution >= 4 is 11.6 Å². The van der Waals surface area contributed by atoms with Crippen LogP contribution in [0.2, 0.25) is 5.02 Å². The Morgan fingerprint density at radius 3 is 2.63 bits per heavy atom. The van der Waals surface area contributed by atoms with Gasteiger partial charge in [-0.15, -0.1) is 0 Å². The maximum absolute atomic E-state index is 6.28. The molecular formula is C16H24ClNO. The molecule has 19 heavy (non-hydrogen) atoms. The summed E-state index contributed by atoms with van der Waals surface area (Å²) in [7, 11) is 2.00. The van der Waals surface area contributed by atoms with E-state index in [1.807, 2.05) is 31.3 Å². The summed E-state index contributed by atoms with van der Waals surface area (Å²) in [5, 5.41) is 4.08. The zero-order valence-electron chi connectivity index (χ0n) is 11.9. The van der Waals surface area contributed by atoms with E-state index in [0.717, 1.165) is 35.9 Å². The van der Waals surface area contributed by atoms with E-state index >= 15 is 0 Å². The molecule has 0 amide bonds. The lowest BCUT2D eigenvalue weighted by Crippen LogP contribution is -2.44. The standard InChI is InChI=1S/C16H24ClNO/c1-13-7-9-16(10-8-13,12-18-2)19-11-14-5-3-4-6-15(14)17/h3-6,13,18H,7-12H2,1-2H3. The van der Waals surface area contributed by atoms with Crippen LogP contribution < -0.4 is 5.32 Å². The number of nitrogens with one attached hydrogen (secondary N) is 1. The normalized spacial score (nSPS) is 27.4. The predicted molar refractivity (Wildman–Crippen MR) is 80.5 cm³/mol. The Labute approximate surface area is 121 Å². The van der Waals surface area contributed by atoms with Crippen LogP contribution in [0, 0.1) is 5.92 Å². The molecule has 3 heteroatoms. The highest BCUT2D eigenvalue weighted by atomic mass is 35.5. The van der Waals surface area contributed by atoms with Gasteiger partial charge in [-0.25, -0.2) is 0 Å². The fourth-order valence-electron chi connectivity index (χ4n) is 2.83. The fourth-order valence-corrected chi connectivity index (χ4v) is 3.02. The highest BCUT2D eigenvalue weighted by molar-refractivity contribution is 6.31. The molecule has 0 saturated heterocycles. The number of likely N-dealkylation sites (N-methyl/N-ethyl adjacent to an activating group) is 1. The number of hydrogen-bond donors (Lipinski definition) is 1. The summed E-state index contributed by atoms with van der Waals surface area (Å²) in [5.74, 6) is 0.828. The third-order valence-corrected chi connectivity index (χ3v) is 4.54. The Morgan fingerprint density at radius 2 is 2.00 bits per heavy atom. The van der Waals surface area contributed by atoms with Crippen LogP contribution >= 0.6 is 11.6 Å². The lowest BCUT2D eigenvalue weighted by molar-refractivity contribution is -0.0839. The van der Waals surface area contributed by atoms with Gasteiger partial charge in [0.05, 0.1) is 12.2 Å². The van der Waals surface area contributed by atoms with Gasteiger partial charge in [0.2, 0.25) is 0 Å². The molecule has 0 heterocycles. The molecule has 0 radical (unpaired) electrons. The van der Waals surface area contributed by atoms with Crippen molar-refractivity contribution in [3.05, 3.63) is 34.9 Å². The van der Waals surface area contributed by atoms with E-state index in [-0.39, 0.29) is 5.60 Å². The quantitative estimate of drug-likeness (QED) is 0.880. The molecule has 0 bridgehead atoms. The van der Waals surface area contributed by atoms with Crippen molar-refractivity contribution in [1.29, 1.82) is 0 Å². The van der Waals surface area contributed by atoms with Crippen LogP contribution in [0.25, 0.3) is 0 Å². The van der Waals surface area contributed by atoms with Crippen molar-refractivity contribution < 1.29 is 4.74 Å². The Balaban J connectivity index is 1.99. The Kier molecular flexibility index (Phi) is 5.26. The van der Waals surface area contributed by atoms with Crippen LogP contribution in [0.15, 0.2) is 24.3 Å². The number of halogens is 1. The maximum atomic E-state index is 6.28. The van der Waals surface area contributed by atoms with Gasteiger partial charge >= 0.3 is 0 Å². The highest BCUT2D eigenvalue weighted by Gasteiger charge is 2.34. The Hall–Kier alpha value is -0.570. The monoisotopic (exact) mass is 281 g/mol. The van der Waals surface area contributed by atoms with E-state index in [9.17, 15) is 0 Å². The van der Waals surface area contributed by atoms with E-state index < -0.39 is 0 Å². The topological polar surface area (TPSA) is 21.3 Å². The summed E-state index contributed by atoms with van der Waals surface area (Å²) in [6.07, 6.45) is 4.79. The molecule has 2 nitrogen and oxygen atoms in total. The first kappa shape index (κ1) is 14.8. The molecule has 0 unspecified atom stereocenters. The molecule has 106 valence electrons. The SMILES string of the molecule is CNCC1(OCc2ccccc2Cl)CCC(C)CC1. The van der Waals surface area contributed by atoms with Crippen molar-refractivity contribution in [2.75, 3.05) is 13.6 Å². The molecule has 0 aromatic heterocycles. The molecule has 0 spiro atoms. The maximum Gasteiger partial charge on any atom is 0.0810 e. The Bertz CT molecular complexity index is 399. The minimum Gasteiger partial charge on any atom is -0.369 e. The Morgan fingerprint density at radius 1 is 1.32 bits per heavy atom. The van der Waals surface area contributed by atoms with Crippen LogP contribution in [0.3, 0.4) is 0 Å². The summed E-state index contributed by atoms with van der Waals surface area (Å²) in [4.78, 5) is 0. The molecule has 1 aromatic rings. The van der Waals surface area contributed by atoms with E-state index in [2.05, 4.69) is 12.2 Å². The third kappa shape index (κ3) is 3.95. The highest BCUT2D eigenvalue weighted by Crippen LogP contribution is 2.35. The minimum absolute atomic E-state index is 0.0135. The van der Waals surface area contributed by atoms with Gasteiger partial charge < -0.3 is 10.1 Å². The molecule has 1 fully saturated rings. The van der Waals surface area contributed by atoms with Gasteiger partial charge in [-0.3, -0.25) is 0 Å². The molecule has 1 aromatic carbocycles. The van der Waals surface area contributed by atoms with Crippen molar-refractivity contribution in [1.82, 2.24) is 5.32 Å². The van der Waals surface area contributed by atoms with Crippen LogP contribution in [0.4, 0.5) is 0 Å². The van der Waals surface area contributed by atoms with Gasteiger partial charge in [0.25, 0.3) is 0 Å². The van der Waals surface area contributed by atoms with E-state index in [4.69, 9.17) is 16.3 Å². The van der Waals surface area contributed by atoms with Gasteiger partial charge in [-0.05, 0) is 50.3 Å². The molecule has 2 rings (SSSR count). The van der Waals surface area contributed by atoms with Crippen molar-refractivity contribution in [3.63, 3.8) is 0 Å². The predicted octanol–water partition coefficient (Wildman–Crippen LogP) is 4.02. The zero-order valence-corrected chi connectivity index (χ0v) is 12.7. The van der Waals surface area contributed by atoms with Gasteiger partial charge in [-0.1, -0.05) is 36.7 Å². The van der Waals surface area contributed by atoms with Gasteiger partial charge in [0.15, 0.2) is 0 Å². The number of rotatable bonds is 5. The van der Waals surface area contributed by atoms with E-state index in [1.54, 1.807) is 0 Å².